The summed E-state index contributed by atoms with van der Waals surface area (Å²) in [6, 6.07) is 0.300. The Kier molecular flexibility index (Phi) is 4.19. The molecule has 3 heterocycles. The van der Waals surface area contributed by atoms with Gasteiger partial charge in [-0.2, -0.15) is 5.10 Å². The quantitative estimate of drug-likeness (QED) is 0.871. The van der Waals surface area contributed by atoms with E-state index in [1.165, 1.54) is 11.4 Å². The number of aromatic nitrogens is 2. The van der Waals surface area contributed by atoms with E-state index in [2.05, 4.69) is 28.7 Å². The van der Waals surface area contributed by atoms with Gasteiger partial charge in [0.05, 0.1) is 18.9 Å². The molecule has 3 rings (SSSR count). The van der Waals surface area contributed by atoms with Gasteiger partial charge in [-0.15, -0.1) is 0 Å². The van der Waals surface area contributed by atoms with Crippen LogP contribution in [-0.2, 0) is 18.3 Å². The molecule has 0 bridgehead atoms. The SMILES string of the molecule is Cc1nn(C)c(N2CCOCC2)c1CN1CC(C)C(N)C1. The first-order valence-electron chi connectivity index (χ1n) is 7.89. The van der Waals surface area contributed by atoms with Crippen LogP contribution in [0.1, 0.15) is 18.2 Å². The number of ether oxygens (including phenoxy) is 1. The molecular weight excluding hydrogens is 266 g/mol. The molecule has 2 saturated heterocycles. The number of aryl methyl sites for hydroxylation is 2. The lowest BCUT2D eigenvalue weighted by molar-refractivity contribution is 0.122. The van der Waals surface area contributed by atoms with Gasteiger partial charge in [-0.05, 0) is 12.8 Å². The fourth-order valence-electron chi connectivity index (χ4n) is 3.49. The van der Waals surface area contributed by atoms with Gasteiger partial charge in [0.15, 0.2) is 0 Å². The number of morpholine rings is 1. The van der Waals surface area contributed by atoms with Gasteiger partial charge in [0.1, 0.15) is 5.82 Å². The van der Waals surface area contributed by atoms with Gasteiger partial charge in [-0.3, -0.25) is 9.58 Å². The number of nitrogens with zero attached hydrogens (tertiary/aromatic N) is 4. The number of likely N-dealkylation sites (tertiary alicyclic amines) is 1. The Morgan fingerprint density at radius 3 is 2.62 bits per heavy atom. The highest BCUT2D eigenvalue weighted by molar-refractivity contribution is 5.50. The van der Waals surface area contributed by atoms with Crippen LogP contribution in [0.4, 0.5) is 5.82 Å². The van der Waals surface area contributed by atoms with Gasteiger partial charge in [0.25, 0.3) is 0 Å². The van der Waals surface area contributed by atoms with Crippen LogP contribution in [0, 0.1) is 12.8 Å². The van der Waals surface area contributed by atoms with Crippen LogP contribution in [0.25, 0.3) is 0 Å². The van der Waals surface area contributed by atoms with Crippen LogP contribution in [0.15, 0.2) is 0 Å². The Morgan fingerprint density at radius 1 is 1.29 bits per heavy atom. The summed E-state index contributed by atoms with van der Waals surface area (Å²) in [6.45, 7) is 10.9. The monoisotopic (exact) mass is 293 g/mol. The van der Waals surface area contributed by atoms with Gasteiger partial charge in [-0.1, -0.05) is 6.92 Å². The van der Waals surface area contributed by atoms with E-state index in [0.29, 0.717) is 12.0 Å². The molecule has 21 heavy (non-hydrogen) atoms. The van der Waals surface area contributed by atoms with Crippen molar-refractivity contribution >= 4 is 5.82 Å². The Hall–Kier alpha value is -1.11. The zero-order valence-electron chi connectivity index (χ0n) is 13.4. The van der Waals surface area contributed by atoms with E-state index in [1.807, 2.05) is 11.7 Å². The van der Waals surface area contributed by atoms with Crippen molar-refractivity contribution < 1.29 is 4.74 Å². The molecule has 0 saturated carbocycles. The summed E-state index contributed by atoms with van der Waals surface area (Å²) in [5.74, 6) is 1.83. The van der Waals surface area contributed by atoms with E-state index in [-0.39, 0.29) is 0 Å². The average Bonchev–Trinajstić information content (AvgIpc) is 2.91. The molecule has 0 amide bonds. The number of hydrogen-bond donors (Lipinski definition) is 1. The lowest BCUT2D eigenvalue weighted by atomic mass is 10.1. The van der Waals surface area contributed by atoms with Gasteiger partial charge >= 0.3 is 0 Å². The first-order valence-corrected chi connectivity index (χ1v) is 7.89. The van der Waals surface area contributed by atoms with Crippen molar-refractivity contribution in [2.75, 3.05) is 44.3 Å². The Bertz CT molecular complexity index is 484. The van der Waals surface area contributed by atoms with Gasteiger partial charge < -0.3 is 15.4 Å². The molecule has 2 unspecified atom stereocenters. The third-order valence-electron chi connectivity index (χ3n) is 4.75. The van der Waals surface area contributed by atoms with Gasteiger partial charge in [-0.25, -0.2) is 0 Å². The van der Waals surface area contributed by atoms with Gasteiger partial charge in [0, 0.05) is 51.4 Å². The molecule has 2 atom stereocenters. The van der Waals surface area contributed by atoms with Crippen molar-refractivity contribution in [3.05, 3.63) is 11.3 Å². The number of rotatable bonds is 3. The number of nitrogens with two attached hydrogens (primary N) is 1. The molecule has 1 aromatic rings. The lowest BCUT2D eigenvalue weighted by Gasteiger charge is -2.30. The Labute approximate surface area is 126 Å². The minimum absolute atomic E-state index is 0.300. The van der Waals surface area contributed by atoms with E-state index in [1.54, 1.807) is 0 Å². The molecule has 118 valence electrons. The van der Waals surface area contributed by atoms with Crippen molar-refractivity contribution in [1.29, 1.82) is 0 Å². The minimum Gasteiger partial charge on any atom is -0.378 e. The topological polar surface area (TPSA) is 59.5 Å². The third kappa shape index (κ3) is 2.93. The maximum Gasteiger partial charge on any atom is 0.131 e. The second-order valence-corrected chi connectivity index (χ2v) is 6.45. The van der Waals surface area contributed by atoms with Crippen molar-refractivity contribution in [3.63, 3.8) is 0 Å². The average molecular weight is 293 g/mol. The van der Waals surface area contributed by atoms with Crippen LogP contribution < -0.4 is 10.6 Å². The molecular formula is C15H27N5O. The van der Waals surface area contributed by atoms with Crippen molar-refractivity contribution in [1.82, 2.24) is 14.7 Å². The summed E-state index contributed by atoms with van der Waals surface area (Å²) in [5, 5.41) is 4.64. The van der Waals surface area contributed by atoms with Crippen molar-refractivity contribution in [2.45, 2.75) is 26.4 Å². The summed E-state index contributed by atoms with van der Waals surface area (Å²) in [5.41, 5.74) is 8.64. The second kappa shape index (κ2) is 5.94. The first kappa shape index (κ1) is 14.8. The maximum absolute atomic E-state index is 6.16. The first-order chi connectivity index (χ1) is 10.1. The summed E-state index contributed by atoms with van der Waals surface area (Å²) in [6.07, 6.45) is 0. The normalized spacial score (nSPS) is 27.5. The highest BCUT2D eigenvalue weighted by atomic mass is 16.5. The van der Waals surface area contributed by atoms with Crippen molar-refractivity contribution in [2.24, 2.45) is 18.7 Å². The molecule has 0 spiro atoms. The highest BCUT2D eigenvalue weighted by Crippen LogP contribution is 2.27. The predicted octanol–water partition coefficient (Wildman–Crippen LogP) is 0.344. The Balaban J connectivity index is 1.81. The lowest BCUT2D eigenvalue weighted by Crippen LogP contribution is -2.38. The van der Waals surface area contributed by atoms with Crippen LogP contribution in [0.5, 0.6) is 0 Å². The fourth-order valence-corrected chi connectivity index (χ4v) is 3.49. The number of anilines is 1. The molecule has 6 heteroatoms. The molecule has 6 nitrogen and oxygen atoms in total. The predicted molar refractivity (Wildman–Crippen MR) is 83.4 cm³/mol. The van der Waals surface area contributed by atoms with Crippen LogP contribution in [-0.4, -0.2) is 60.1 Å². The summed E-state index contributed by atoms with van der Waals surface area (Å²) >= 11 is 0. The second-order valence-electron chi connectivity index (χ2n) is 6.45. The molecule has 0 aliphatic carbocycles. The number of hydrogen-bond acceptors (Lipinski definition) is 5. The molecule has 2 fully saturated rings. The third-order valence-corrected chi connectivity index (χ3v) is 4.75. The maximum atomic E-state index is 6.16. The van der Waals surface area contributed by atoms with Crippen molar-refractivity contribution in [3.8, 4) is 0 Å². The van der Waals surface area contributed by atoms with Crippen LogP contribution >= 0.6 is 0 Å². The van der Waals surface area contributed by atoms with Gasteiger partial charge in [0.2, 0.25) is 0 Å². The molecule has 0 radical (unpaired) electrons. The standard InChI is InChI=1S/C15H27N5O/c1-11-8-19(10-14(11)16)9-13-12(2)17-18(3)15(13)20-4-6-21-7-5-20/h11,14H,4-10,16H2,1-3H3. The zero-order chi connectivity index (χ0) is 15.0. The molecule has 2 N–H and O–H groups in total. The minimum atomic E-state index is 0.300. The summed E-state index contributed by atoms with van der Waals surface area (Å²) < 4.78 is 7.49. The molecule has 2 aliphatic heterocycles. The molecule has 1 aromatic heterocycles. The zero-order valence-corrected chi connectivity index (χ0v) is 13.4. The highest BCUT2D eigenvalue weighted by Gasteiger charge is 2.29. The van der Waals surface area contributed by atoms with E-state index >= 15 is 0 Å². The molecule has 2 aliphatic rings. The summed E-state index contributed by atoms with van der Waals surface area (Å²) in [7, 11) is 2.04. The summed E-state index contributed by atoms with van der Waals surface area (Å²) in [4.78, 5) is 4.86. The largest absolute Gasteiger partial charge is 0.378 e. The smallest absolute Gasteiger partial charge is 0.131 e. The van der Waals surface area contributed by atoms with Crippen LogP contribution in [0.3, 0.4) is 0 Å². The van der Waals surface area contributed by atoms with E-state index in [4.69, 9.17) is 10.5 Å². The van der Waals surface area contributed by atoms with E-state index in [9.17, 15) is 0 Å². The van der Waals surface area contributed by atoms with E-state index in [0.717, 1.165) is 51.6 Å². The fraction of sp³-hybridized carbons (Fsp3) is 0.800. The molecule has 0 aromatic carbocycles. The van der Waals surface area contributed by atoms with Crippen LogP contribution in [0.2, 0.25) is 0 Å². The van der Waals surface area contributed by atoms with E-state index < -0.39 is 0 Å². The Morgan fingerprint density at radius 2 is 2.00 bits per heavy atom.